The topological polar surface area (TPSA) is 0 Å². The van der Waals surface area contributed by atoms with E-state index < -0.39 is 0 Å². The van der Waals surface area contributed by atoms with Gasteiger partial charge in [-0.15, -0.1) is 6.58 Å². The van der Waals surface area contributed by atoms with Crippen molar-refractivity contribution in [3.05, 3.63) is 84.0 Å². The third-order valence-electron chi connectivity index (χ3n) is 4.85. The Morgan fingerprint density at radius 2 is 1.87 bits per heavy atom. The van der Waals surface area contributed by atoms with Crippen molar-refractivity contribution in [2.45, 2.75) is 36.0 Å². The lowest BCUT2D eigenvalue weighted by Gasteiger charge is -2.23. The molecule has 1 aliphatic carbocycles. The molecule has 3 rings (SSSR count). The van der Waals surface area contributed by atoms with Gasteiger partial charge in [-0.2, -0.15) is 0 Å². The first kappa shape index (κ1) is 16.5. The molecule has 0 spiro atoms. The third kappa shape index (κ3) is 3.30. The fourth-order valence-corrected chi connectivity index (χ4v) is 4.23. The van der Waals surface area contributed by atoms with Gasteiger partial charge in [-0.1, -0.05) is 96.6 Å². The zero-order valence-corrected chi connectivity index (χ0v) is 16.0. The minimum Gasteiger partial charge on any atom is -0.103 e. The second-order valence-electron chi connectivity index (χ2n) is 6.77. The van der Waals surface area contributed by atoms with Crippen LogP contribution >= 0.6 is 22.6 Å². The molecule has 0 nitrogen and oxygen atoms in total. The quantitative estimate of drug-likeness (QED) is 0.305. The van der Waals surface area contributed by atoms with Crippen molar-refractivity contribution in [2.24, 2.45) is 0 Å². The van der Waals surface area contributed by atoms with Crippen molar-refractivity contribution in [3.63, 3.8) is 0 Å². The molecule has 0 N–H and O–H groups in total. The Bertz CT molecular complexity index is 738. The molecule has 0 saturated heterocycles. The number of fused-ring (bicyclic) bond motifs is 1. The molecule has 0 aromatic heterocycles. The summed E-state index contributed by atoms with van der Waals surface area (Å²) in [5, 5.41) is 0. The second-order valence-corrected chi connectivity index (χ2v) is 8.37. The smallest absolute Gasteiger partial charge is 0.0326 e. The van der Waals surface area contributed by atoms with Gasteiger partial charge in [0.1, 0.15) is 0 Å². The Morgan fingerprint density at radius 1 is 1.13 bits per heavy atom. The Hall–Kier alpha value is -1.35. The molecule has 23 heavy (non-hydrogen) atoms. The van der Waals surface area contributed by atoms with Crippen molar-refractivity contribution >= 4 is 22.6 Å². The molecule has 2 aromatic carbocycles. The highest BCUT2D eigenvalue weighted by Crippen LogP contribution is 2.44. The highest BCUT2D eigenvalue weighted by molar-refractivity contribution is 14.1. The van der Waals surface area contributed by atoms with Crippen LogP contribution in [0.3, 0.4) is 0 Å². The maximum Gasteiger partial charge on any atom is 0.0326 e. The molecule has 118 valence electrons. The van der Waals surface area contributed by atoms with E-state index in [-0.39, 0.29) is 5.41 Å². The highest BCUT2D eigenvalue weighted by atomic mass is 127. The summed E-state index contributed by atoms with van der Waals surface area (Å²) in [5.74, 6) is 0. The van der Waals surface area contributed by atoms with Crippen molar-refractivity contribution in [3.8, 4) is 11.1 Å². The second kappa shape index (κ2) is 6.64. The number of hydrogen-bond acceptors (Lipinski definition) is 0. The fraction of sp³-hybridized carbons (Fsp3) is 0.273. The summed E-state index contributed by atoms with van der Waals surface area (Å²) in [6.45, 7) is 8.58. The largest absolute Gasteiger partial charge is 0.103 e. The van der Waals surface area contributed by atoms with E-state index in [1.54, 1.807) is 5.57 Å². The summed E-state index contributed by atoms with van der Waals surface area (Å²) in [4.78, 5) is 0. The van der Waals surface area contributed by atoms with Gasteiger partial charge >= 0.3 is 0 Å². The Morgan fingerprint density at radius 3 is 2.57 bits per heavy atom. The van der Waals surface area contributed by atoms with Crippen LogP contribution in [0.2, 0.25) is 0 Å². The lowest BCUT2D eigenvalue weighted by atomic mass is 9.81. The average molecular weight is 414 g/mol. The van der Waals surface area contributed by atoms with E-state index >= 15 is 0 Å². The van der Waals surface area contributed by atoms with Crippen molar-refractivity contribution in [1.82, 2.24) is 0 Å². The molecule has 0 aliphatic heterocycles. The zero-order chi connectivity index (χ0) is 16.4. The van der Waals surface area contributed by atoms with Gasteiger partial charge < -0.3 is 0 Å². The Kier molecular flexibility index (Phi) is 4.77. The third-order valence-corrected chi connectivity index (χ3v) is 5.72. The first-order valence-electron chi connectivity index (χ1n) is 8.17. The van der Waals surface area contributed by atoms with Crippen molar-refractivity contribution < 1.29 is 0 Å². The highest BCUT2D eigenvalue weighted by Gasteiger charge is 2.34. The molecule has 0 saturated carbocycles. The van der Waals surface area contributed by atoms with E-state index in [1.165, 1.54) is 22.3 Å². The van der Waals surface area contributed by atoms with E-state index in [1.807, 2.05) is 6.08 Å². The van der Waals surface area contributed by atoms with Crippen molar-refractivity contribution in [1.29, 1.82) is 0 Å². The van der Waals surface area contributed by atoms with E-state index in [9.17, 15) is 0 Å². The Balaban J connectivity index is 1.99. The molecule has 0 bridgehead atoms. The van der Waals surface area contributed by atoms with E-state index in [2.05, 4.69) is 97.6 Å². The summed E-state index contributed by atoms with van der Waals surface area (Å²) >= 11 is 2.52. The number of alkyl halides is 1. The number of halogens is 1. The standard InChI is InChI=1S/C22H23I/c1-4-8-20(23)15-19-13-18-12-11-17(14-21(18)22(19,2)3)16-9-6-5-7-10-16/h4-7,9-12,14-15,20H,1,8,13H2,2-3H3/b19-15+. The summed E-state index contributed by atoms with van der Waals surface area (Å²) < 4.78 is 0.530. The van der Waals surface area contributed by atoms with Gasteiger partial charge in [0.25, 0.3) is 0 Å². The molecule has 0 heterocycles. The van der Waals surface area contributed by atoms with Crippen LogP contribution in [0, 0.1) is 0 Å². The summed E-state index contributed by atoms with van der Waals surface area (Å²) in [6, 6.07) is 17.6. The van der Waals surface area contributed by atoms with Crippen LogP contribution in [-0.2, 0) is 11.8 Å². The first-order chi connectivity index (χ1) is 11.0. The molecular weight excluding hydrogens is 391 g/mol. The summed E-state index contributed by atoms with van der Waals surface area (Å²) in [5.41, 5.74) is 7.22. The number of benzene rings is 2. The number of allylic oxidation sites excluding steroid dienone is 3. The van der Waals surface area contributed by atoms with Crippen LogP contribution in [0.25, 0.3) is 11.1 Å². The van der Waals surface area contributed by atoms with Gasteiger partial charge in [0.15, 0.2) is 0 Å². The van der Waals surface area contributed by atoms with Gasteiger partial charge in [-0.25, -0.2) is 0 Å². The molecule has 1 heteroatoms. The van der Waals surface area contributed by atoms with Gasteiger partial charge in [0.05, 0.1) is 0 Å². The normalized spacial score (nSPS) is 18.7. The molecule has 0 amide bonds. The minimum absolute atomic E-state index is 0.116. The fourth-order valence-electron chi connectivity index (χ4n) is 3.43. The monoisotopic (exact) mass is 414 g/mol. The van der Waals surface area contributed by atoms with E-state index in [0.29, 0.717) is 3.92 Å². The van der Waals surface area contributed by atoms with Crippen LogP contribution in [-0.4, -0.2) is 3.92 Å². The maximum atomic E-state index is 3.86. The minimum atomic E-state index is 0.116. The first-order valence-corrected chi connectivity index (χ1v) is 9.42. The van der Waals surface area contributed by atoms with Gasteiger partial charge in [0.2, 0.25) is 0 Å². The zero-order valence-electron chi connectivity index (χ0n) is 13.9. The van der Waals surface area contributed by atoms with Crippen LogP contribution in [0.1, 0.15) is 31.4 Å². The molecular formula is C22H23I. The molecule has 2 aromatic rings. The van der Waals surface area contributed by atoms with Gasteiger partial charge in [0, 0.05) is 9.34 Å². The number of rotatable bonds is 4. The predicted molar refractivity (Wildman–Crippen MR) is 109 cm³/mol. The van der Waals surface area contributed by atoms with Gasteiger partial charge in [-0.05, 0) is 41.2 Å². The van der Waals surface area contributed by atoms with E-state index in [4.69, 9.17) is 0 Å². The predicted octanol–water partition coefficient (Wildman–Crippen LogP) is 6.49. The molecule has 1 atom stereocenters. The van der Waals surface area contributed by atoms with Crippen LogP contribution in [0.4, 0.5) is 0 Å². The lowest BCUT2D eigenvalue weighted by molar-refractivity contribution is 0.641. The van der Waals surface area contributed by atoms with Crippen LogP contribution in [0.15, 0.2) is 72.8 Å². The lowest BCUT2D eigenvalue weighted by Crippen LogP contribution is -2.16. The number of hydrogen-bond donors (Lipinski definition) is 0. The summed E-state index contributed by atoms with van der Waals surface area (Å²) in [6.07, 6.45) is 6.57. The Labute approximate surface area is 153 Å². The molecule has 0 fully saturated rings. The molecule has 1 aliphatic rings. The maximum absolute atomic E-state index is 3.86. The van der Waals surface area contributed by atoms with Crippen LogP contribution in [0.5, 0.6) is 0 Å². The summed E-state index contributed by atoms with van der Waals surface area (Å²) in [7, 11) is 0. The van der Waals surface area contributed by atoms with E-state index in [0.717, 1.165) is 12.8 Å². The average Bonchev–Trinajstić information content (AvgIpc) is 2.79. The molecule has 0 radical (unpaired) electrons. The van der Waals surface area contributed by atoms with Crippen LogP contribution < -0.4 is 0 Å². The van der Waals surface area contributed by atoms with Crippen molar-refractivity contribution in [2.75, 3.05) is 0 Å². The van der Waals surface area contributed by atoms with Gasteiger partial charge in [-0.3, -0.25) is 0 Å². The SMILES string of the molecule is C=CCC(I)/C=C1\Cc2ccc(-c3ccccc3)cc2C1(C)C. The molecule has 1 unspecified atom stereocenters.